The molecule has 8 nitrogen and oxygen atoms in total. The molecular weight excluding hydrogens is 226 g/mol. The fourth-order valence-corrected chi connectivity index (χ4v) is 2.05. The highest BCUT2D eigenvalue weighted by molar-refractivity contribution is 5.91. The lowest BCUT2D eigenvalue weighted by Crippen LogP contribution is -2.36. The number of nitrogens with zero attached hydrogens (tertiary/aromatic N) is 4. The van der Waals surface area contributed by atoms with Crippen molar-refractivity contribution in [1.29, 1.82) is 0 Å². The SMILES string of the molecule is CCC1(C(=O)O)CCN(C(=O)c2nn[nH]n2)C1. The zero-order chi connectivity index (χ0) is 12.5. The van der Waals surface area contributed by atoms with Gasteiger partial charge in [0.05, 0.1) is 5.41 Å². The average molecular weight is 239 g/mol. The molecule has 1 amide bonds. The molecule has 8 heteroatoms. The highest BCUT2D eigenvalue weighted by Gasteiger charge is 2.45. The van der Waals surface area contributed by atoms with E-state index in [9.17, 15) is 14.7 Å². The third-order valence-electron chi connectivity index (χ3n) is 3.31. The van der Waals surface area contributed by atoms with Gasteiger partial charge in [0.15, 0.2) is 0 Å². The summed E-state index contributed by atoms with van der Waals surface area (Å²) < 4.78 is 0. The van der Waals surface area contributed by atoms with Crippen molar-refractivity contribution >= 4 is 11.9 Å². The maximum Gasteiger partial charge on any atom is 0.311 e. The van der Waals surface area contributed by atoms with Crippen molar-refractivity contribution in [2.24, 2.45) is 5.41 Å². The molecule has 1 unspecified atom stereocenters. The topological polar surface area (TPSA) is 112 Å². The molecule has 0 saturated carbocycles. The molecule has 17 heavy (non-hydrogen) atoms. The second-order valence-corrected chi connectivity index (χ2v) is 4.15. The zero-order valence-electron chi connectivity index (χ0n) is 9.38. The fourth-order valence-electron chi connectivity index (χ4n) is 2.05. The Bertz CT molecular complexity index is 432. The maximum absolute atomic E-state index is 11.9. The molecule has 2 rings (SSSR count). The van der Waals surface area contributed by atoms with Gasteiger partial charge in [-0.15, -0.1) is 10.2 Å². The lowest BCUT2D eigenvalue weighted by Gasteiger charge is -2.22. The van der Waals surface area contributed by atoms with Crippen LogP contribution in [0.3, 0.4) is 0 Å². The van der Waals surface area contributed by atoms with E-state index < -0.39 is 11.4 Å². The third-order valence-corrected chi connectivity index (χ3v) is 3.31. The number of H-pyrrole nitrogens is 1. The molecule has 0 radical (unpaired) electrons. The Morgan fingerprint density at radius 2 is 2.35 bits per heavy atom. The third kappa shape index (κ3) is 1.85. The van der Waals surface area contributed by atoms with E-state index in [1.807, 2.05) is 6.92 Å². The highest BCUT2D eigenvalue weighted by Crippen LogP contribution is 2.34. The number of hydrogen-bond acceptors (Lipinski definition) is 5. The van der Waals surface area contributed by atoms with Crippen molar-refractivity contribution in [3.63, 3.8) is 0 Å². The van der Waals surface area contributed by atoms with Gasteiger partial charge in [-0.25, -0.2) is 0 Å². The molecule has 1 aliphatic rings. The average Bonchev–Trinajstić information content (AvgIpc) is 2.98. The molecule has 1 fully saturated rings. The summed E-state index contributed by atoms with van der Waals surface area (Å²) in [4.78, 5) is 24.6. The number of hydrogen-bond donors (Lipinski definition) is 2. The minimum Gasteiger partial charge on any atom is -0.481 e. The summed E-state index contributed by atoms with van der Waals surface area (Å²) in [6.07, 6.45) is 0.959. The summed E-state index contributed by atoms with van der Waals surface area (Å²) >= 11 is 0. The van der Waals surface area contributed by atoms with Crippen LogP contribution in [0.15, 0.2) is 0 Å². The highest BCUT2D eigenvalue weighted by atomic mass is 16.4. The second-order valence-electron chi connectivity index (χ2n) is 4.15. The number of likely N-dealkylation sites (tertiary alicyclic amines) is 1. The van der Waals surface area contributed by atoms with Crippen LogP contribution in [0, 0.1) is 5.41 Å². The van der Waals surface area contributed by atoms with E-state index in [4.69, 9.17) is 0 Å². The van der Waals surface area contributed by atoms with E-state index in [2.05, 4.69) is 20.6 Å². The minimum atomic E-state index is -0.858. The molecule has 1 aromatic heterocycles. The number of carbonyl (C=O) groups excluding carboxylic acids is 1. The van der Waals surface area contributed by atoms with E-state index in [1.54, 1.807) is 0 Å². The number of aromatic nitrogens is 4. The van der Waals surface area contributed by atoms with Gasteiger partial charge in [0.1, 0.15) is 0 Å². The van der Waals surface area contributed by atoms with Crippen LogP contribution in [0.1, 0.15) is 30.4 Å². The molecule has 0 spiro atoms. The van der Waals surface area contributed by atoms with E-state index >= 15 is 0 Å². The van der Waals surface area contributed by atoms with Crippen molar-refractivity contribution in [3.8, 4) is 0 Å². The molecule has 1 aliphatic heterocycles. The quantitative estimate of drug-likeness (QED) is 0.737. The number of rotatable bonds is 3. The molecular formula is C9H13N5O3. The lowest BCUT2D eigenvalue weighted by molar-refractivity contribution is -0.148. The predicted molar refractivity (Wildman–Crippen MR) is 55.1 cm³/mol. The van der Waals surface area contributed by atoms with Crippen molar-refractivity contribution in [2.75, 3.05) is 13.1 Å². The molecule has 1 saturated heterocycles. The first kappa shape index (κ1) is 11.5. The van der Waals surface area contributed by atoms with Crippen LogP contribution in [0.5, 0.6) is 0 Å². The summed E-state index contributed by atoms with van der Waals surface area (Å²) in [5, 5.41) is 21.9. The number of amides is 1. The molecule has 0 aliphatic carbocycles. The van der Waals surface area contributed by atoms with Gasteiger partial charge in [-0.05, 0) is 18.1 Å². The standard InChI is InChI=1S/C9H13N5O3/c1-2-9(8(16)17)3-4-14(5-9)7(15)6-10-12-13-11-6/h2-5H2,1H3,(H,16,17)(H,10,11,12,13). The Morgan fingerprint density at radius 1 is 1.59 bits per heavy atom. The van der Waals surface area contributed by atoms with Crippen molar-refractivity contribution in [3.05, 3.63) is 5.82 Å². The number of aromatic amines is 1. The number of tetrazole rings is 1. The Balaban J connectivity index is 2.12. The van der Waals surface area contributed by atoms with Gasteiger partial charge in [-0.3, -0.25) is 9.59 Å². The Hall–Kier alpha value is -1.99. The van der Waals surface area contributed by atoms with E-state index in [1.165, 1.54) is 4.90 Å². The van der Waals surface area contributed by atoms with Gasteiger partial charge in [0, 0.05) is 13.1 Å². The van der Waals surface area contributed by atoms with Crippen LogP contribution in [0.25, 0.3) is 0 Å². The van der Waals surface area contributed by atoms with Crippen LogP contribution in [0.2, 0.25) is 0 Å². The first-order valence-electron chi connectivity index (χ1n) is 5.35. The number of carboxylic acid groups (broad SMARTS) is 1. The van der Waals surface area contributed by atoms with Gasteiger partial charge in [-0.2, -0.15) is 5.21 Å². The van der Waals surface area contributed by atoms with Crippen LogP contribution in [0.4, 0.5) is 0 Å². The number of carbonyl (C=O) groups is 2. The van der Waals surface area contributed by atoms with Gasteiger partial charge in [0.25, 0.3) is 11.7 Å². The van der Waals surface area contributed by atoms with Crippen LogP contribution < -0.4 is 0 Å². The summed E-state index contributed by atoms with van der Waals surface area (Å²) in [6.45, 7) is 2.43. The molecule has 2 heterocycles. The molecule has 2 N–H and O–H groups in total. The van der Waals surface area contributed by atoms with Gasteiger partial charge in [-0.1, -0.05) is 6.92 Å². The fraction of sp³-hybridized carbons (Fsp3) is 0.667. The number of aliphatic carboxylic acids is 1. The number of nitrogens with one attached hydrogen (secondary N) is 1. The van der Waals surface area contributed by atoms with Crippen molar-refractivity contribution < 1.29 is 14.7 Å². The molecule has 92 valence electrons. The molecule has 0 aromatic carbocycles. The lowest BCUT2D eigenvalue weighted by atomic mass is 9.84. The smallest absolute Gasteiger partial charge is 0.311 e. The van der Waals surface area contributed by atoms with E-state index in [0.717, 1.165) is 0 Å². The van der Waals surface area contributed by atoms with Gasteiger partial charge in [0.2, 0.25) is 0 Å². The molecule has 0 bridgehead atoms. The second kappa shape index (κ2) is 4.11. The largest absolute Gasteiger partial charge is 0.481 e. The van der Waals surface area contributed by atoms with E-state index in [-0.39, 0.29) is 18.3 Å². The summed E-state index contributed by atoms with van der Waals surface area (Å²) in [5.41, 5.74) is -0.834. The first-order valence-corrected chi connectivity index (χ1v) is 5.35. The number of carboxylic acids is 1. The minimum absolute atomic E-state index is 0.0257. The molecule has 1 aromatic rings. The van der Waals surface area contributed by atoms with Gasteiger partial charge < -0.3 is 10.0 Å². The Labute approximate surface area is 97.0 Å². The first-order chi connectivity index (χ1) is 8.09. The predicted octanol–water partition coefficient (Wildman–Crippen LogP) is -0.473. The summed E-state index contributed by atoms with van der Waals surface area (Å²) in [7, 11) is 0. The Morgan fingerprint density at radius 3 is 2.82 bits per heavy atom. The summed E-state index contributed by atoms with van der Waals surface area (Å²) in [5.74, 6) is -1.26. The van der Waals surface area contributed by atoms with E-state index in [0.29, 0.717) is 19.4 Å². The van der Waals surface area contributed by atoms with Crippen molar-refractivity contribution in [2.45, 2.75) is 19.8 Å². The monoisotopic (exact) mass is 239 g/mol. The van der Waals surface area contributed by atoms with Crippen LogP contribution in [-0.2, 0) is 4.79 Å². The molecule has 1 atom stereocenters. The Kier molecular flexibility index (Phi) is 2.78. The van der Waals surface area contributed by atoms with Crippen LogP contribution in [-0.4, -0.2) is 55.6 Å². The van der Waals surface area contributed by atoms with Crippen molar-refractivity contribution in [1.82, 2.24) is 25.5 Å². The zero-order valence-corrected chi connectivity index (χ0v) is 9.38. The normalized spacial score (nSPS) is 23.9. The van der Waals surface area contributed by atoms with Gasteiger partial charge >= 0.3 is 5.97 Å². The summed E-state index contributed by atoms with van der Waals surface area (Å²) in [6, 6.07) is 0. The maximum atomic E-state index is 11.9. The van der Waals surface area contributed by atoms with Crippen LogP contribution >= 0.6 is 0 Å².